The summed E-state index contributed by atoms with van der Waals surface area (Å²) in [6, 6.07) is 12.5. The predicted octanol–water partition coefficient (Wildman–Crippen LogP) is 3.59. The third-order valence-corrected chi connectivity index (χ3v) is 6.71. The SMILES string of the molecule is Cc1nn(C)c2nc(-c3ccco3)cc(C(=O)N(Cc3nc4ccccc4c(=O)[nH]3)CC3CCCO3)c12. The lowest BCUT2D eigenvalue weighted by Crippen LogP contribution is -2.38. The van der Waals surface area contributed by atoms with Crippen LogP contribution in [-0.2, 0) is 18.3 Å². The molecule has 1 fully saturated rings. The number of hydrogen-bond donors (Lipinski definition) is 1. The molecular formula is C27H26N6O4. The number of pyridine rings is 1. The highest BCUT2D eigenvalue weighted by molar-refractivity contribution is 6.07. The number of ether oxygens (including phenoxy) is 1. The van der Waals surface area contributed by atoms with Gasteiger partial charge in [-0.2, -0.15) is 5.10 Å². The number of rotatable bonds is 6. The van der Waals surface area contributed by atoms with Gasteiger partial charge in [0.25, 0.3) is 11.5 Å². The van der Waals surface area contributed by atoms with Crippen molar-refractivity contribution in [1.29, 1.82) is 0 Å². The van der Waals surface area contributed by atoms with Crippen LogP contribution in [-0.4, -0.2) is 54.8 Å². The molecule has 188 valence electrons. The van der Waals surface area contributed by atoms with Gasteiger partial charge in [0.05, 0.1) is 46.5 Å². The summed E-state index contributed by atoms with van der Waals surface area (Å²) in [5, 5.41) is 5.70. The van der Waals surface area contributed by atoms with Crippen LogP contribution in [0.2, 0.25) is 0 Å². The summed E-state index contributed by atoms with van der Waals surface area (Å²) in [5.74, 6) is 0.748. The number of benzene rings is 1. The van der Waals surface area contributed by atoms with E-state index < -0.39 is 0 Å². The molecule has 1 unspecified atom stereocenters. The van der Waals surface area contributed by atoms with Gasteiger partial charge in [0.15, 0.2) is 11.4 Å². The van der Waals surface area contributed by atoms with Crippen LogP contribution in [0.15, 0.2) is 57.9 Å². The van der Waals surface area contributed by atoms with E-state index in [9.17, 15) is 9.59 Å². The Labute approximate surface area is 211 Å². The van der Waals surface area contributed by atoms with Crippen LogP contribution < -0.4 is 5.56 Å². The summed E-state index contributed by atoms with van der Waals surface area (Å²) in [5.41, 5.74) is 2.64. The Morgan fingerprint density at radius 2 is 2.08 bits per heavy atom. The van der Waals surface area contributed by atoms with Gasteiger partial charge in [0.2, 0.25) is 0 Å². The summed E-state index contributed by atoms with van der Waals surface area (Å²) in [4.78, 5) is 40.9. The Morgan fingerprint density at radius 3 is 2.86 bits per heavy atom. The number of H-pyrrole nitrogens is 1. The van der Waals surface area contributed by atoms with Crippen LogP contribution >= 0.6 is 0 Å². The smallest absolute Gasteiger partial charge is 0.258 e. The average molecular weight is 499 g/mol. The van der Waals surface area contributed by atoms with Crippen LogP contribution in [0.5, 0.6) is 0 Å². The number of furan rings is 1. The first-order valence-corrected chi connectivity index (χ1v) is 12.2. The number of amides is 1. The fraction of sp³-hybridized carbons (Fsp3) is 0.296. The fourth-order valence-electron chi connectivity index (χ4n) is 4.98. The van der Waals surface area contributed by atoms with E-state index in [0.717, 1.165) is 12.8 Å². The standard InChI is InChI=1S/C27H26N6O4/c1-16-24-19(13-21(22-10-6-12-37-22)29-25(24)32(2)31-16)27(35)33(14-17-7-5-11-36-17)15-23-28-20-9-4-3-8-18(20)26(34)30-23/h3-4,6,8-10,12-13,17H,5,7,11,14-15H2,1-2H3,(H,28,30,34). The molecule has 10 heteroatoms. The second-order valence-corrected chi connectivity index (χ2v) is 9.29. The lowest BCUT2D eigenvalue weighted by molar-refractivity contribution is 0.0502. The largest absolute Gasteiger partial charge is 0.463 e. The Balaban J connectivity index is 1.45. The van der Waals surface area contributed by atoms with Gasteiger partial charge in [-0.3, -0.25) is 14.3 Å². The Morgan fingerprint density at radius 1 is 1.22 bits per heavy atom. The van der Waals surface area contributed by atoms with E-state index in [1.54, 1.807) is 59.3 Å². The van der Waals surface area contributed by atoms with Crippen molar-refractivity contribution in [2.75, 3.05) is 13.2 Å². The monoisotopic (exact) mass is 498 g/mol. The normalized spacial score (nSPS) is 15.6. The van der Waals surface area contributed by atoms with Gasteiger partial charge in [0.1, 0.15) is 11.5 Å². The molecule has 5 aromatic rings. The molecule has 0 aliphatic carbocycles. The number of carbonyl (C=O) groups excluding carboxylic acids is 1. The van der Waals surface area contributed by atoms with Crippen LogP contribution in [0, 0.1) is 6.92 Å². The maximum atomic E-state index is 14.2. The van der Waals surface area contributed by atoms with E-state index in [1.807, 2.05) is 13.0 Å². The number of nitrogens with zero attached hydrogens (tertiary/aromatic N) is 5. The average Bonchev–Trinajstić information content (AvgIpc) is 3.66. The molecule has 5 heterocycles. The molecule has 37 heavy (non-hydrogen) atoms. The first-order chi connectivity index (χ1) is 18.0. The van der Waals surface area contributed by atoms with Gasteiger partial charge >= 0.3 is 0 Å². The zero-order chi connectivity index (χ0) is 25.5. The van der Waals surface area contributed by atoms with E-state index in [-0.39, 0.29) is 24.1 Å². The minimum atomic E-state index is -0.236. The molecule has 1 saturated heterocycles. The zero-order valence-electron chi connectivity index (χ0n) is 20.6. The highest BCUT2D eigenvalue weighted by Crippen LogP contribution is 2.29. The lowest BCUT2D eigenvalue weighted by Gasteiger charge is -2.25. The molecule has 0 bridgehead atoms. The van der Waals surface area contributed by atoms with Crippen LogP contribution in [0.1, 0.15) is 34.7 Å². The molecule has 10 nitrogen and oxygen atoms in total. The fourth-order valence-corrected chi connectivity index (χ4v) is 4.98. The van der Waals surface area contributed by atoms with E-state index >= 15 is 0 Å². The third kappa shape index (κ3) is 4.29. The molecule has 0 radical (unpaired) electrons. The molecule has 1 aliphatic heterocycles. The van der Waals surface area contributed by atoms with Crippen LogP contribution in [0.25, 0.3) is 33.4 Å². The highest BCUT2D eigenvalue weighted by atomic mass is 16.5. The summed E-state index contributed by atoms with van der Waals surface area (Å²) in [6.07, 6.45) is 3.29. The summed E-state index contributed by atoms with van der Waals surface area (Å²) in [6.45, 7) is 3.02. The first kappa shape index (κ1) is 23.1. The van der Waals surface area contributed by atoms with Gasteiger partial charge in [-0.25, -0.2) is 9.97 Å². The van der Waals surface area contributed by atoms with Crippen molar-refractivity contribution in [2.24, 2.45) is 7.05 Å². The molecule has 1 aliphatic rings. The Hall–Kier alpha value is -4.31. The maximum Gasteiger partial charge on any atom is 0.258 e. The minimum absolute atomic E-state index is 0.0898. The van der Waals surface area contributed by atoms with Gasteiger partial charge in [-0.05, 0) is 50.1 Å². The number of para-hydroxylation sites is 1. The summed E-state index contributed by atoms with van der Waals surface area (Å²) < 4.78 is 13.1. The molecule has 0 spiro atoms. The lowest BCUT2D eigenvalue weighted by atomic mass is 10.1. The number of aryl methyl sites for hydroxylation is 2. The molecule has 1 N–H and O–H groups in total. The van der Waals surface area contributed by atoms with Crippen molar-refractivity contribution in [3.63, 3.8) is 0 Å². The topological polar surface area (TPSA) is 119 Å². The molecule has 0 saturated carbocycles. The van der Waals surface area contributed by atoms with Gasteiger partial charge < -0.3 is 19.0 Å². The molecule has 1 aromatic carbocycles. The number of hydrogen-bond acceptors (Lipinski definition) is 7. The molecular weight excluding hydrogens is 472 g/mol. The third-order valence-electron chi connectivity index (χ3n) is 6.71. The number of aromatic nitrogens is 5. The van der Waals surface area contributed by atoms with Crippen molar-refractivity contribution >= 4 is 27.8 Å². The van der Waals surface area contributed by atoms with Crippen molar-refractivity contribution in [3.05, 3.63) is 76.2 Å². The Kier molecular flexibility index (Phi) is 5.80. The van der Waals surface area contributed by atoms with E-state index in [4.69, 9.17) is 14.1 Å². The molecule has 6 rings (SSSR count). The van der Waals surface area contributed by atoms with Crippen LogP contribution in [0.4, 0.5) is 0 Å². The number of fused-ring (bicyclic) bond motifs is 2. The summed E-state index contributed by atoms with van der Waals surface area (Å²) >= 11 is 0. The number of nitrogens with one attached hydrogen (secondary N) is 1. The van der Waals surface area contributed by atoms with Gasteiger partial charge in [-0.15, -0.1) is 0 Å². The second-order valence-electron chi connectivity index (χ2n) is 9.29. The highest BCUT2D eigenvalue weighted by Gasteiger charge is 2.28. The minimum Gasteiger partial charge on any atom is -0.463 e. The van der Waals surface area contributed by atoms with Crippen molar-refractivity contribution in [2.45, 2.75) is 32.4 Å². The molecule has 1 atom stereocenters. The molecule has 4 aromatic heterocycles. The second kappa shape index (κ2) is 9.29. The summed E-state index contributed by atoms with van der Waals surface area (Å²) in [7, 11) is 1.80. The maximum absolute atomic E-state index is 14.2. The van der Waals surface area contributed by atoms with Crippen molar-refractivity contribution < 1.29 is 13.9 Å². The van der Waals surface area contributed by atoms with Crippen molar-refractivity contribution in [3.8, 4) is 11.5 Å². The van der Waals surface area contributed by atoms with Gasteiger partial charge in [0, 0.05) is 20.2 Å². The van der Waals surface area contributed by atoms with Crippen LogP contribution in [0.3, 0.4) is 0 Å². The quantitative estimate of drug-likeness (QED) is 0.380. The number of carbonyl (C=O) groups is 1. The Bertz CT molecular complexity index is 1660. The number of aromatic amines is 1. The van der Waals surface area contributed by atoms with E-state index in [0.29, 0.717) is 63.6 Å². The van der Waals surface area contributed by atoms with E-state index in [2.05, 4.69) is 15.1 Å². The molecule has 1 amide bonds. The van der Waals surface area contributed by atoms with E-state index in [1.165, 1.54) is 0 Å². The zero-order valence-corrected chi connectivity index (χ0v) is 20.6. The first-order valence-electron chi connectivity index (χ1n) is 12.2. The van der Waals surface area contributed by atoms with Gasteiger partial charge in [-0.1, -0.05) is 12.1 Å². The predicted molar refractivity (Wildman–Crippen MR) is 137 cm³/mol. The van der Waals surface area contributed by atoms with Crippen molar-refractivity contribution in [1.82, 2.24) is 29.6 Å².